The van der Waals surface area contributed by atoms with Gasteiger partial charge in [0.15, 0.2) is 0 Å². The van der Waals surface area contributed by atoms with Gasteiger partial charge in [0.25, 0.3) is 0 Å². The van der Waals surface area contributed by atoms with Crippen molar-refractivity contribution in [2.24, 2.45) is 0 Å². The van der Waals surface area contributed by atoms with E-state index in [9.17, 15) is 18.2 Å². The van der Waals surface area contributed by atoms with E-state index in [1.807, 2.05) is 0 Å². The van der Waals surface area contributed by atoms with Crippen LogP contribution >= 0.6 is 7.37 Å². The Morgan fingerprint density at radius 3 is 1.35 bits per heavy atom. The number of halogens is 2. The fourth-order valence-electron chi connectivity index (χ4n) is 1.42. The molecule has 5 heteroatoms. The Labute approximate surface area is 97.0 Å². The van der Waals surface area contributed by atoms with E-state index in [-0.39, 0.29) is 10.6 Å². The average Bonchev–Trinajstić information content (AvgIpc) is 2.30. The van der Waals surface area contributed by atoms with Crippen LogP contribution in [0.1, 0.15) is 0 Å². The molecule has 0 aromatic heterocycles. The van der Waals surface area contributed by atoms with Crippen LogP contribution in [-0.4, -0.2) is 0 Å². The molecule has 0 saturated carbocycles. The van der Waals surface area contributed by atoms with Gasteiger partial charge in [-0.3, -0.25) is 0 Å². The number of benzene rings is 2. The Kier molecular flexibility index (Phi) is 3.09. The van der Waals surface area contributed by atoms with Crippen LogP contribution in [0, 0.1) is 11.6 Å². The van der Waals surface area contributed by atoms with E-state index >= 15 is 0 Å². The van der Waals surface area contributed by atoms with E-state index in [0.29, 0.717) is 0 Å². The molecule has 0 aliphatic heterocycles. The van der Waals surface area contributed by atoms with Crippen LogP contribution in [-0.2, 0) is 4.57 Å². The number of rotatable bonds is 2. The summed E-state index contributed by atoms with van der Waals surface area (Å²) in [4.78, 5) is 12.0. The van der Waals surface area contributed by atoms with Crippen molar-refractivity contribution in [2.45, 2.75) is 0 Å². The molecule has 0 atom stereocenters. The molecule has 0 N–H and O–H groups in total. The zero-order chi connectivity index (χ0) is 12.5. The van der Waals surface area contributed by atoms with Gasteiger partial charge in [0.05, 0.1) is 7.37 Å². The largest absolute Gasteiger partial charge is 0.793 e. The lowest BCUT2D eigenvalue weighted by Gasteiger charge is -2.24. The van der Waals surface area contributed by atoms with Crippen molar-refractivity contribution >= 4 is 18.0 Å². The molecule has 0 aliphatic rings. The minimum Gasteiger partial charge on any atom is -0.793 e. The molecule has 0 aliphatic carbocycles. The molecule has 2 aromatic carbocycles. The van der Waals surface area contributed by atoms with E-state index in [2.05, 4.69) is 0 Å². The van der Waals surface area contributed by atoms with E-state index in [0.717, 1.165) is 24.3 Å². The molecular weight excluding hydrogens is 245 g/mol. The summed E-state index contributed by atoms with van der Waals surface area (Å²) in [5, 5.41) is 0.0102. The highest BCUT2D eigenvalue weighted by atomic mass is 31.2. The van der Waals surface area contributed by atoms with Gasteiger partial charge in [-0.15, -0.1) is 0 Å². The number of hydrogen-bond donors (Lipinski definition) is 0. The first-order valence-corrected chi connectivity index (χ1v) is 6.46. The highest BCUT2D eigenvalue weighted by Crippen LogP contribution is 2.32. The molecule has 0 unspecified atom stereocenters. The lowest BCUT2D eigenvalue weighted by atomic mass is 10.3. The van der Waals surface area contributed by atoms with Crippen molar-refractivity contribution in [3.05, 3.63) is 60.2 Å². The van der Waals surface area contributed by atoms with Crippen LogP contribution in [0.25, 0.3) is 0 Å². The second-order valence-electron chi connectivity index (χ2n) is 3.50. The standard InChI is InChI=1S/C12H9F2O2P/c13-9-1-5-11(6-2-9)17(15,16)12-7-3-10(14)4-8-12/h1-8H,(H,15,16)/p-1. The fourth-order valence-corrected chi connectivity index (χ4v) is 2.81. The summed E-state index contributed by atoms with van der Waals surface area (Å²) in [7, 11) is -4.02. The second kappa shape index (κ2) is 4.40. The van der Waals surface area contributed by atoms with Crippen molar-refractivity contribution in [3.8, 4) is 0 Å². The quantitative estimate of drug-likeness (QED) is 0.762. The van der Waals surface area contributed by atoms with Crippen molar-refractivity contribution in [2.75, 3.05) is 0 Å². The van der Waals surface area contributed by atoms with Crippen LogP contribution in [0.5, 0.6) is 0 Å². The molecule has 2 nitrogen and oxygen atoms in total. The first-order chi connectivity index (χ1) is 8.00. The molecule has 2 aromatic rings. The Morgan fingerprint density at radius 1 is 0.765 bits per heavy atom. The van der Waals surface area contributed by atoms with Crippen LogP contribution in [0.2, 0.25) is 0 Å². The molecule has 0 spiro atoms. The number of hydrogen-bond acceptors (Lipinski definition) is 2. The Balaban J connectivity index is 2.45. The zero-order valence-electron chi connectivity index (χ0n) is 8.64. The Morgan fingerprint density at radius 2 is 1.06 bits per heavy atom. The third-order valence-electron chi connectivity index (χ3n) is 2.33. The average molecular weight is 253 g/mol. The van der Waals surface area contributed by atoms with Gasteiger partial charge >= 0.3 is 0 Å². The van der Waals surface area contributed by atoms with Gasteiger partial charge in [-0.2, -0.15) is 0 Å². The predicted octanol–water partition coefficient (Wildman–Crippen LogP) is 1.55. The second-order valence-corrected chi connectivity index (χ2v) is 5.64. The molecule has 0 bridgehead atoms. The molecule has 0 saturated heterocycles. The Hall–Kier alpha value is -1.51. The van der Waals surface area contributed by atoms with Gasteiger partial charge in [-0.25, -0.2) is 8.78 Å². The van der Waals surface area contributed by atoms with Gasteiger partial charge in [0.1, 0.15) is 11.6 Å². The summed E-state index contributed by atoms with van der Waals surface area (Å²) in [6.45, 7) is 0. The monoisotopic (exact) mass is 253 g/mol. The maximum absolute atomic E-state index is 12.7. The van der Waals surface area contributed by atoms with Crippen molar-refractivity contribution in [1.29, 1.82) is 0 Å². The van der Waals surface area contributed by atoms with E-state index in [4.69, 9.17) is 0 Å². The summed E-state index contributed by atoms with van der Waals surface area (Å²) in [5.74, 6) is -1.01. The fraction of sp³-hybridized carbons (Fsp3) is 0. The van der Waals surface area contributed by atoms with Crippen LogP contribution in [0.4, 0.5) is 8.78 Å². The van der Waals surface area contributed by atoms with Gasteiger partial charge in [0.2, 0.25) is 0 Å². The van der Waals surface area contributed by atoms with E-state index in [1.54, 1.807) is 0 Å². The first-order valence-electron chi connectivity index (χ1n) is 4.83. The third kappa shape index (κ3) is 2.43. The minimum absolute atomic E-state index is 0.00510. The summed E-state index contributed by atoms with van der Waals surface area (Å²) in [5.41, 5.74) is 0. The highest BCUT2D eigenvalue weighted by molar-refractivity contribution is 7.72. The van der Waals surface area contributed by atoms with Gasteiger partial charge < -0.3 is 9.46 Å². The van der Waals surface area contributed by atoms with Gasteiger partial charge in [-0.1, -0.05) is 0 Å². The molecule has 2 rings (SSSR count). The van der Waals surface area contributed by atoms with Crippen LogP contribution in [0.15, 0.2) is 48.5 Å². The molecular formula is C12H8F2O2P-. The highest BCUT2D eigenvalue weighted by Gasteiger charge is 2.14. The smallest absolute Gasteiger partial charge is 0.123 e. The van der Waals surface area contributed by atoms with E-state index in [1.165, 1.54) is 24.3 Å². The van der Waals surface area contributed by atoms with Gasteiger partial charge in [0, 0.05) is 10.6 Å². The summed E-state index contributed by atoms with van der Waals surface area (Å²) in [6.07, 6.45) is 0. The zero-order valence-corrected chi connectivity index (χ0v) is 9.53. The first kappa shape index (κ1) is 12.0. The van der Waals surface area contributed by atoms with Crippen molar-refractivity contribution in [1.82, 2.24) is 0 Å². The van der Waals surface area contributed by atoms with Crippen LogP contribution < -0.4 is 15.5 Å². The molecule has 0 amide bonds. The summed E-state index contributed by atoms with van der Waals surface area (Å²) >= 11 is 0. The molecule has 88 valence electrons. The minimum atomic E-state index is -4.02. The molecule has 0 fully saturated rings. The normalized spacial score (nSPS) is 11.5. The van der Waals surface area contributed by atoms with Crippen molar-refractivity contribution in [3.63, 3.8) is 0 Å². The van der Waals surface area contributed by atoms with Gasteiger partial charge in [-0.05, 0) is 48.5 Å². The maximum Gasteiger partial charge on any atom is 0.123 e. The topological polar surface area (TPSA) is 40.1 Å². The lowest BCUT2D eigenvalue weighted by molar-refractivity contribution is -0.167. The molecule has 0 heterocycles. The lowest BCUT2D eigenvalue weighted by Crippen LogP contribution is -2.24. The SMILES string of the molecule is O=P([O-])(c1ccc(F)cc1)c1ccc(F)cc1. The summed E-state index contributed by atoms with van der Waals surface area (Å²) < 4.78 is 37.4. The van der Waals surface area contributed by atoms with Crippen molar-refractivity contribution < 1.29 is 18.2 Å². The Bertz CT molecular complexity index is 515. The van der Waals surface area contributed by atoms with Crippen LogP contribution in [0.3, 0.4) is 0 Å². The molecule has 0 radical (unpaired) electrons. The third-order valence-corrected chi connectivity index (χ3v) is 4.29. The van der Waals surface area contributed by atoms with E-state index < -0.39 is 19.0 Å². The maximum atomic E-state index is 12.7. The molecule has 17 heavy (non-hydrogen) atoms. The predicted molar refractivity (Wildman–Crippen MR) is 59.7 cm³/mol. The summed E-state index contributed by atoms with van der Waals surface area (Å²) in [6, 6.07) is 9.04.